The molecule has 0 aliphatic heterocycles. The molecule has 189 valence electrons. The number of hydrogen-bond acceptors (Lipinski definition) is 1. The molecule has 36 heavy (non-hydrogen) atoms. The molecule has 0 aliphatic carbocycles. The van der Waals surface area contributed by atoms with Gasteiger partial charge in [0.2, 0.25) is 0 Å². The van der Waals surface area contributed by atoms with Crippen molar-refractivity contribution >= 4 is 0 Å². The molecule has 1 radical (unpaired) electrons. The summed E-state index contributed by atoms with van der Waals surface area (Å²) in [6.07, 6.45) is 0. The van der Waals surface area contributed by atoms with E-state index < -0.39 is 0 Å². The van der Waals surface area contributed by atoms with Gasteiger partial charge < -0.3 is 0 Å². The Morgan fingerprint density at radius 2 is 1.03 bits per heavy atom. The lowest BCUT2D eigenvalue weighted by atomic mass is 9.76. The predicted molar refractivity (Wildman–Crippen MR) is 156 cm³/mol. The van der Waals surface area contributed by atoms with Gasteiger partial charge in [0.1, 0.15) is 0 Å². The highest BCUT2D eigenvalue weighted by atomic mass is 14.3. The Bertz CT molecular complexity index is 1230. The lowest BCUT2D eigenvalue weighted by Crippen LogP contribution is -2.17. The normalized spacial score (nSPS) is 12.4. The topological polar surface area (TPSA) is 23.8 Å². The second-order valence-corrected chi connectivity index (χ2v) is 13.1. The third-order valence-electron chi connectivity index (χ3n) is 7.17. The van der Waals surface area contributed by atoms with Crippen molar-refractivity contribution in [2.75, 3.05) is 0 Å². The molecule has 3 aromatic rings. The van der Waals surface area contributed by atoms with Crippen LogP contribution in [0.15, 0.2) is 36.4 Å². The minimum Gasteiger partial charge on any atom is -0.192 e. The van der Waals surface area contributed by atoms with Crippen LogP contribution in [-0.4, -0.2) is 0 Å². The van der Waals surface area contributed by atoms with Crippen LogP contribution in [0.5, 0.6) is 0 Å². The number of rotatable bonds is 4. The van der Waals surface area contributed by atoms with Gasteiger partial charge in [0.25, 0.3) is 0 Å². The maximum atomic E-state index is 9.45. The summed E-state index contributed by atoms with van der Waals surface area (Å²) in [5.41, 5.74) is 13.5. The molecule has 0 heterocycles. The molecule has 0 atom stereocenters. The first-order chi connectivity index (χ1) is 16.5. The molecule has 0 saturated heterocycles. The summed E-state index contributed by atoms with van der Waals surface area (Å²) in [5, 5.41) is 9.45. The average molecular weight is 479 g/mol. The largest absolute Gasteiger partial charge is 0.192 e. The predicted octanol–water partition coefficient (Wildman–Crippen LogP) is 10.2. The third-order valence-corrected chi connectivity index (χ3v) is 7.17. The summed E-state index contributed by atoms with van der Waals surface area (Å²) >= 11 is 0. The van der Waals surface area contributed by atoms with Crippen LogP contribution >= 0.6 is 0 Å². The van der Waals surface area contributed by atoms with E-state index in [4.69, 9.17) is 0 Å². The molecule has 3 aromatic carbocycles. The first kappa shape index (κ1) is 27.7. The molecule has 0 N–H and O–H groups in total. The van der Waals surface area contributed by atoms with Crippen LogP contribution in [0.4, 0.5) is 0 Å². The minimum atomic E-state index is 0.0165. The van der Waals surface area contributed by atoms with E-state index in [1.54, 1.807) is 0 Å². The summed E-state index contributed by atoms with van der Waals surface area (Å²) in [4.78, 5) is 0. The Kier molecular flexibility index (Phi) is 7.62. The lowest BCUT2D eigenvalue weighted by molar-refractivity contribution is 0.567. The van der Waals surface area contributed by atoms with Crippen LogP contribution in [-0.2, 0) is 10.8 Å². The van der Waals surface area contributed by atoms with Gasteiger partial charge in [0, 0.05) is 0 Å². The van der Waals surface area contributed by atoms with Gasteiger partial charge in [-0.3, -0.25) is 0 Å². The van der Waals surface area contributed by atoms with Crippen LogP contribution < -0.4 is 0 Å². The van der Waals surface area contributed by atoms with E-state index in [-0.39, 0.29) is 10.8 Å². The molecule has 0 unspecified atom stereocenters. The van der Waals surface area contributed by atoms with Crippen molar-refractivity contribution in [1.82, 2.24) is 0 Å². The first-order valence-corrected chi connectivity index (χ1v) is 13.3. The Morgan fingerprint density at radius 1 is 0.639 bits per heavy atom. The van der Waals surface area contributed by atoms with Gasteiger partial charge in [-0.25, -0.2) is 0 Å². The number of nitrogens with zero attached hydrogens (tertiary/aromatic N) is 1. The minimum absolute atomic E-state index is 0.0165. The van der Waals surface area contributed by atoms with Gasteiger partial charge in [-0.05, 0) is 122 Å². The number of aryl methyl sites for hydroxylation is 2. The maximum absolute atomic E-state index is 9.45. The van der Waals surface area contributed by atoms with Gasteiger partial charge in [-0.2, -0.15) is 5.26 Å². The number of nitriles is 1. The molecule has 0 saturated carbocycles. The van der Waals surface area contributed by atoms with E-state index in [0.29, 0.717) is 11.8 Å². The second-order valence-electron chi connectivity index (χ2n) is 13.1. The monoisotopic (exact) mass is 478 g/mol. The molecular weight excluding hydrogens is 434 g/mol. The fraction of sp³-hybridized carbons (Fsp3) is 0.457. The fourth-order valence-corrected chi connectivity index (χ4v) is 5.08. The van der Waals surface area contributed by atoms with Crippen LogP contribution in [0, 0.1) is 31.2 Å². The number of benzene rings is 3. The second kappa shape index (κ2) is 9.89. The fourth-order valence-electron chi connectivity index (χ4n) is 5.08. The van der Waals surface area contributed by atoms with Gasteiger partial charge in [0.15, 0.2) is 0 Å². The molecule has 0 bridgehead atoms. The van der Waals surface area contributed by atoms with Gasteiger partial charge in [-0.15, -0.1) is 0 Å². The summed E-state index contributed by atoms with van der Waals surface area (Å²) in [6.45, 7) is 27.1. The standard InChI is InChI=1S/C35H44N/c1-21(2)30-17-27(32-23(5)13-25(20-36)14-24(32)6)18-31(22(3)4)33(30)26-15-28(34(7,8)9)19-29(16-26)35(10,11)12/h13-18,21-22H,1-12H3. The molecule has 1 heteroatoms. The zero-order chi connectivity index (χ0) is 27.2. The Morgan fingerprint density at radius 3 is 1.36 bits per heavy atom. The highest BCUT2D eigenvalue weighted by Crippen LogP contribution is 2.43. The van der Waals surface area contributed by atoms with E-state index in [1.165, 1.54) is 44.5 Å². The summed E-state index contributed by atoms with van der Waals surface area (Å²) in [6, 6.07) is 19.7. The molecule has 0 spiro atoms. The smallest absolute Gasteiger partial charge is 0.0991 e. The molecular formula is C35H44N. The van der Waals surface area contributed by atoms with Crippen molar-refractivity contribution in [1.29, 1.82) is 5.26 Å². The van der Waals surface area contributed by atoms with Crippen molar-refractivity contribution < 1.29 is 0 Å². The van der Waals surface area contributed by atoms with Crippen molar-refractivity contribution in [3.8, 4) is 28.3 Å². The van der Waals surface area contributed by atoms with Crippen LogP contribution in [0.3, 0.4) is 0 Å². The molecule has 0 aromatic heterocycles. The Balaban J connectivity index is 2.43. The summed E-state index contributed by atoms with van der Waals surface area (Å²) in [7, 11) is 0. The molecule has 0 fully saturated rings. The molecule has 1 nitrogen and oxygen atoms in total. The maximum Gasteiger partial charge on any atom is 0.0991 e. The van der Waals surface area contributed by atoms with E-state index in [0.717, 1.165) is 16.7 Å². The lowest BCUT2D eigenvalue weighted by Gasteiger charge is -2.28. The third kappa shape index (κ3) is 5.59. The highest BCUT2D eigenvalue weighted by Gasteiger charge is 2.25. The van der Waals surface area contributed by atoms with Crippen LogP contribution in [0.2, 0.25) is 0 Å². The molecule has 0 aliphatic rings. The van der Waals surface area contributed by atoms with Crippen molar-refractivity contribution in [2.24, 2.45) is 0 Å². The summed E-state index contributed by atoms with van der Waals surface area (Å²) in [5.74, 6) is 0.744. The van der Waals surface area contributed by atoms with E-state index >= 15 is 0 Å². The van der Waals surface area contributed by atoms with E-state index in [9.17, 15) is 5.26 Å². The van der Waals surface area contributed by atoms with E-state index in [1.807, 2.05) is 12.1 Å². The van der Waals surface area contributed by atoms with Gasteiger partial charge in [-0.1, -0.05) is 81.4 Å². The summed E-state index contributed by atoms with van der Waals surface area (Å²) < 4.78 is 0. The highest BCUT2D eigenvalue weighted by molar-refractivity contribution is 5.81. The Labute approximate surface area is 220 Å². The van der Waals surface area contributed by atoms with Crippen molar-refractivity contribution in [2.45, 2.75) is 106 Å². The number of hydrogen-bond donors (Lipinski definition) is 0. The van der Waals surface area contributed by atoms with Crippen LogP contribution in [0.1, 0.15) is 120 Å². The van der Waals surface area contributed by atoms with Gasteiger partial charge in [0.05, 0.1) is 11.6 Å². The average Bonchev–Trinajstić information content (AvgIpc) is 2.76. The Hall–Kier alpha value is -2.85. The zero-order valence-electron chi connectivity index (χ0n) is 24.6. The van der Waals surface area contributed by atoms with Crippen molar-refractivity contribution in [3.63, 3.8) is 0 Å². The van der Waals surface area contributed by atoms with E-state index in [2.05, 4.69) is 119 Å². The zero-order valence-corrected chi connectivity index (χ0v) is 24.6. The quantitative estimate of drug-likeness (QED) is 0.366. The molecule has 3 rings (SSSR count). The SMILES string of the molecule is Cc1cc(C#N)cc(C)c1-c1cc(C(C)C)c(-c2cc(C(C)(C)C)[c]c(C(C)(C)C)c2)c(C(C)C)c1. The van der Waals surface area contributed by atoms with Crippen LogP contribution in [0.25, 0.3) is 22.3 Å². The first-order valence-electron chi connectivity index (χ1n) is 13.3. The molecule has 0 amide bonds. The van der Waals surface area contributed by atoms with Crippen molar-refractivity contribution in [3.05, 3.63) is 81.4 Å². The van der Waals surface area contributed by atoms with Gasteiger partial charge >= 0.3 is 0 Å².